The van der Waals surface area contributed by atoms with Gasteiger partial charge in [-0.3, -0.25) is 4.90 Å². The summed E-state index contributed by atoms with van der Waals surface area (Å²) in [5.41, 5.74) is 0. The van der Waals surface area contributed by atoms with Crippen LogP contribution < -0.4 is 0 Å². The minimum absolute atomic E-state index is 0.341. The van der Waals surface area contributed by atoms with Crippen molar-refractivity contribution in [3.63, 3.8) is 0 Å². The third kappa shape index (κ3) is 4.09. The van der Waals surface area contributed by atoms with Crippen molar-refractivity contribution in [2.45, 2.75) is 39.2 Å². The first kappa shape index (κ1) is 12.9. The Morgan fingerprint density at radius 2 is 2.00 bits per heavy atom. The minimum atomic E-state index is 0.341. The van der Waals surface area contributed by atoms with Crippen LogP contribution in [0.25, 0.3) is 0 Å². The van der Waals surface area contributed by atoms with Gasteiger partial charge in [0.1, 0.15) is 0 Å². The Kier molecular flexibility index (Phi) is 6.22. The highest BCUT2D eigenvalue weighted by Gasteiger charge is 2.25. The molecule has 3 nitrogen and oxygen atoms in total. The number of hydrogen-bond donors (Lipinski definition) is 1. The highest BCUT2D eigenvalue weighted by molar-refractivity contribution is 4.82. The molecule has 0 bridgehead atoms. The summed E-state index contributed by atoms with van der Waals surface area (Å²) in [4.78, 5) is 5.10. The number of aliphatic hydroxyl groups is 1. The molecule has 1 rings (SSSR count). The Morgan fingerprint density at radius 1 is 1.27 bits per heavy atom. The van der Waals surface area contributed by atoms with Gasteiger partial charge >= 0.3 is 0 Å². The lowest BCUT2D eigenvalue weighted by Gasteiger charge is -2.26. The van der Waals surface area contributed by atoms with Crippen molar-refractivity contribution in [3.05, 3.63) is 0 Å². The molecule has 0 spiro atoms. The van der Waals surface area contributed by atoms with Crippen molar-refractivity contribution in [1.82, 2.24) is 9.80 Å². The van der Waals surface area contributed by atoms with Gasteiger partial charge in [-0.15, -0.1) is 0 Å². The van der Waals surface area contributed by atoms with Gasteiger partial charge < -0.3 is 10.0 Å². The molecular formula is C12H26N2O. The molecule has 1 heterocycles. The zero-order valence-corrected chi connectivity index (χ0v) is 10.3. The van der Waals surface area contributed by atoms with Gasteiger partial charge in [-0.05, 0) is 45.4 Å². The fourth-order valence-corrected chi connectivity index (χ4v) is 2.50. The number of likely N-dealkylation sites (N-methyl/N-ethyl adjacent to an activating group) is 1. The minimum Gasteiger partial charge on any atom is -0.396 e. The maximum absolute atomic E-state index is 8.73. The number of hydrogen-bond acceptors (Lipinski definition) is 3. The smallest absolute Gasteiger partial charge is 0.0431 e. The second kappa shape index (κ2) is 7.20. The molecule has 1 aliphatic rings. The van der Waals surface area contributed by atoms with Crippen LogP contribution in [0, 0.1) is 0 Å². The molecule has 0 aromatic rings. The van der Waals surface area contributed by atoms with Crippen molar-refractivity contribution in [3.8, 4) is 0 Å². The van der Waals surface area contributed by atoms with E-state index in [0.717, 1.165) is 18.9 Å². The zero-order valence-electron chi connectivity index (χ0n) is 10.3. The summed E-state index contributed by atoms with van der Waals surface area (Å²) in [5, 5.41) is 8.73. The van der Waals surface area contributed by atoms with Gasteiger partial charge in [0, 0.05) is 19.2 Å². The lowest BCUT2D eigenvalue weighted by atomic mass is 10.2. The topological polar surface area (TPSA) is 26.7 Å². The molecule has 0 aromatic heterocycles. The van der Waals surface area contributed by atoms with Crippen LogP contribution in [0.1, 0.15) is 33.1 Å². The molecule has 3 heteroatoms. The third-order valence-corrected chi connectivity index (χ3v) is 3.46. The standard InChI is InChI=1S/C12H26N2O/c1-3-14(4-2)12-7-9-13(11-12)8-5-6-10-15/h12,15H,3-11H2,1-2H3. The highest BCUT2D eigenvalue weighted by atomic mass is 16.2. The molecule has 1 N–H and O–H groups in total. The van der Waals surface area contributed by atoms with Gasteiger partial charge in [0.2, 0.25) is 0 Å². The largest absolute Gasteiger partial charge is 0.396 e. The predicted octanol–water partition coefficient (Wildman–Crippen LogP) is 1.17. The van der Waals surface area contributed by atoms with Crippen LogP contribution in [-0.2, 0) is 0 Å². The van der Waals surface area contributed by atoms with Crippen LogP contribution >= 0.6 is 0 Å². The Balaban J connectivity index is 2.19. The highest BCUT2D eigenvalue weighted by Crippen LogP contribution is 2.15. The molecule has 0 saturated carbocycles. The monoisotopic (exact) mass is 214 g/mol. The van der Waals surface area contributed by atoms with E-state index in [-0.39, 0.29) is 0 Å². The van der Waals surface area contributed by atoms with E-state index >= 15 is 0 Å². The normalized spacial score (nSPS) is 22.8. The summed E-state index contributed by atoms with van der Waals surface area (Å²) >= 11 is 0. The number of rotatable bonds is 7. The Bertz CT molecular complexity index is 160. The first-order valence-corrected chi connectivity index (χ1v) is 6.39. The lowest BCUT2D eigenvalue weighted by Crippen LogP contribution is -2.37. The van der Waals surface area contributed by atoms with Crippen LogP contribution in [0.15, 0.2) is 0 Å². The van der Waals surface area contributed by atoms with E-state index in [1.165, 1.54) is 39.1 Å². The van der Waals surface area contributed by atoms with Gasteiger partial charge in [0.15, 0.2) is 0 Å². The summed E-state index contributed by atoms with van der Waals surface area (Å²) in [6.07, 6.45) is 3.41. The summed E-state index contributed by atoms with van der Waals surface area (Å²) < 4.78 is 0. The second-order valence-corrected chi connectivity index (χ2v) is 4.40. The fraction of sp³-hybridized carbons (Fsp3) is 1.00. The third-order valence-electron chi connectivity index (χ3n) is 3.46. The first-order chi connectivity index (χ1) is 7.31. The Labute approximate surface area is 94.1 Å². The molecule has 1 aliphatic heterocycles. The number of nitrogens with zero attached hydrogens (tertiary/aromatic N) is 2. The SMILES string of the molecule is CCN(CC)C1CCN(CCCCO)C1. The maximum Gasteiger partial charge on any atom is 0.0431 e. The van der Waals surface area contributed by atoms with E-state index in [1.54, 1.807) is 0 Å². The molecule has 1 fully saturated rings. The summed E-state index contributed by atoms with van der Waals surface area (Å²) in [6.45, 7) is 10.8. The van der Waals surface area contributed by atoms with Crippen LogP contribution in [0.4, 0.5) is 0 Å². The Hall–Kier alpha value is -0.120. The van der Waals surface area contributed by atoms with Crippen molar-refractivity contribution < 1.29 is 5.11 Å². The van der Waals surface area contributed by atoms with Gasteiger partial charge in [0.25, 0.3) is 0 Å². The van der Waals surface area contributed by atoms with Crippen molar-refractivity contribution >= 4 is 0 Å². The van der Waals surface area contributed by atoms with E-state index in [2.05, 4.69) is 23.6 Å². The fourth-order valence-electron chi connectivity index (χ4n) is 2.50. The molecule has 0 radical (unpaired) electrons. The van der Waals surface area contributed by atoms with Gasteiger partial charge in [-0.2, -0.15) is 0 Å². The van der Waals surface area contributed by atoms with Gasteiger partial charge in [0.05, 0.1) is 0 Å². The van der Waals surface area contributed by atoms with Crippen molar-refractivity contribution in [2.75, 3.05) is 39.3 Å². The van der Waals surface area contributed by atoms with Crippen LogP contribution in [0.3, 0.4) is 0 Å². The molecule has 1 unspecified atom stereocenters. The first-order valence-electron chi connectivity index (χ1n) is 6.39. The quantitative estimate of drug-likeness (QED) is 0.645. The van der Waals surface area contributed by atoms with Gasteiger partial charge in [-0.1, -0.05) is 13.8 Å². The van der Waals surface area contributed by atoms with E-state index in [4.69, 9.17) is 5.11 Å². The molecule has 1 atom stereocenters. The van der Waals surface area contributed by atoms with Gasteiger partial charge in [-0.25, -0.2) is 0 Å². The van der Waals surface area contributed by atoms with E-state index < -0.39 is 0 Å². The average molecular weight is 214 g/mol. The molecular weight excluding hydrogens is 188 g/mol. The predicted molar refractivity (Wildman–Crippen MR) is 64.1 cm³/mol. The summed E-state index contributed by atoms with van der Waals surface area (Å²) in [6, 6.07) is 0.772. The lowest BCUT2D eigenvalue weighted by molar-refractivity contribution is 0.207. The molecule has 15 heavy (non-hydrogen) atoms. The zero-order chi connectivity index (χ0) is 11.1. The van der Waals surface area contributed by atoms with Crippen molar-refractivity contribution in [1.29, 1.82) is 0 Å². The second-order valence-electron chi connectivity index (χ2n) is 4.40. The average Bonchev–Trinajstić information content (AvgIpc) is 2.69. The number of aliphatic hydroxyl groups excluding tert-OH is 1. The number of unbranched alkanes of at least 4 members (excludes halogenated alkanes) is 1. The number of likely N-dealkylation sites (tertiary alicyclic amines) is 1. The van der Waals surface area contributed by atoms with E-state index in [1.807, 2.05) is 0 Å². The van der Waals surface area contributed by atoms with Crippen molar-refractivity contribution in [2.24, 2.45) is 0 Å². The van der Waals surface area contributed by atoms with E-state index in [0.29, 0.717) is 6.61 Å². The summed E-state index contributed by atoms with van der Waals surface area (Å²) in [7, 11) is 0. The summed E-state index contributed by atoms with van der Waals surface area (Å²) in [5.74, 6) is 0. The Morgan fingerprint density at radius 3 is 2.60 bits per heavy atom. The molecule has 0 aromatic carbocycles. The van der Waals surface area contributed by atoms with E-state index in [9.17, 15) is 0 Å². The molecule has 0 amide bonds. The van der Waals surface area contributed by atoms with Crippen LogP contribution in [0.2, 0.25) is 0 Å². The van der Waals surface area contributed by atoms with Crippen LogP contribution in [0.5, 0.6) is 0 Å². The molecule has 1 saturated heterocycles. The maximum atomic E-state index is 8.73. The van der Waals surface area contributed by atoms with Crippen LogP contribution in [-0.4, -0.2) is 60.3 Å². The molecule has 90 valence electrons. The molecule has 0 aliphatic carbocycles.